The Morgan fingerprint density at radius 1 is 1.36 bits per heavy atom. The number of amides is 1. The van der Waals surface area contributed by atoms with Crippen LogP contribution in [0.3, 0.4) is 0 Å². The minimum absolute atomic E-state index is 0.192. The first kappa shape index (κ1) is 16.9. The van der Waals surface area contributed by atoms with Crippen molar-refractivity contribution in [1.29, 1.82) is 0 Å². The topological polar surface area (TPSA) is 83.1 Å². The van der Waals surface area contributed by atoms with E-state index in [1.807, 2.05) is 27.7 Å². The highest BCUT2D eigenvalue weighted by atomic mass is 32.2. The van der Waals surface area contributed by atoms with Crippen molar-refractivity contribution in [2.45, 2.75) is 45.3 Å². The van der Waals surface area contributed by atoms with Gasteiger partial charge in [0, 0.05) is 29.6 Å². The number of rotatable bonds is 3. The Kier molecular flexibility index (Phi) is 4.84. The minimum Gasteiger partial charge on any atom is -0.336 e. The molecule has 7 heteroatoms. The largest absolute Gasteiger partial charge is 0.336 e. The number of aromatic nitrogens is 2. The molecule has 1 aliphatic rings. The average molecular weight is 325 g/mol. The standard InChI is InChI=1S/C15H23N3O3S/c1-5-10-11(6-2)16-17-13(19)12(10)14(20)18-7-8-22(21)15(3,4)9-18/h5-9H2,1-4H3,(H,17,19)/t22-/m1/s1. The second kappa shape index (κ2) is 6.32. The molecule has 2 rings (SSSR count). The van der Waals surface area contributed by atoms with Crippen molar-refractivity contribution in [2.75, 3.05) is 18.8 Å². The molecule has 0 aromatic carbocycles. The summed E-state index contributed by atoms with van der Waals surface area (Å²) in [6.45, 7) is 8.45. The molecule has 1 amide bonds. The molecule has 1 atom stereocenters. The Hall–Kier alpha value is -1.50. The molecule has 122 valence electrons. The lowest BCUT2D eigenvalue weighted by Crippen LogP contribution is -2.53. The second-order valence-electron chi connectivity index (χ2n) is 6.10. The first-order chi connectivity index (χ1) is 10.3. The lowest BCUT2D eigenvalue weighted by atomic mass is 10.0. The number of hydrogen-bond donors (Lipinski definition) is 1. The van der Waals surface area contributed by atoms with E-state index < -0.39 is 21.1 Å². The molecule has 0 bridgehead atoms. The number of nitrogens with zero attached hydrogens (tertiary/aromatic N) is 2. The zero-order valence-corrected chi connectivity index (χ0v) is 14.4. The van der Waals surface area contributed by atoms with Crippen molar-refractivity contribution in [3.63, 3.8) is 0 Å². The molecule has 0 saturated carbocycles. The summed E-state index contributed by atoms with van der Waals surface area (Å²) in [5.41, 5.74) is 1.23. The Bertz CT molecular complexity index is 666. The summed E-state index contributed by atoms with van der Waals surface area (Å²) >= 11 is 0. The SMILES string of the molecule is CCc1n[nH]c(=O)c(C(=O)N2CC[S@@](=O)C(C)(C)C2)c1CC. The normalized spacial score (nSPS) is 20.9. The summed E-state index contributed by atoms with van der Waals surface area (Å²) in [6.07, 6.45) is 1.25. The van der Waals surface area contributed by atoms with Crippen LogP contribution in [0.25, 0.3) is 0 Å². The molecule has 1 N–H and O–H groups in total. The van der Waals surface area contributed by atoms with Crippen LogP contribution < -0.4 is 5.56 Å². The zero-order chi connectivity index (χ0) is 16.5. The van der Waals surface area contributed by atoms with Crippen LogP contribution >= 0.6 is 0 Å². The summed E-state index contributed by atoms with van der Waals surface area (Å²) in [5.74, 6) is 0.170. The van der Waals surface area contributed by atoms with Crippen LogP contribution in [-0.4, -0.2) is 48.8 Å². The predicted molar refractivity (Wildman–Crippen MR) is 86.6 cm³/mol. The summed E-state index contributed by atoms with van der Waals surface area (Å²) in [6, 6.07) is 0. The van der Waals surface area contributed by atoms with Gasteiger partial charge in [0.05, 0.1) is 10.4 Å². The average Bonchev–Trinajstić information content (AvgIpc) is 2.48. The molecule has 0 unspecified atom stereocenters. The van der Waals surface area contributed by atoms with Gasteiger partial charge in [0.2, 0.25) is 0 Å². The van der Waals surface area contributed by atoms with E-state index in [2.05, 4.69) is 10.2 Å². The molecule has 0 spiro atoms. The fraction of sp³-hybridized carbons (Fsp3) is 0.667. The van der Waals surface area contributed by atoms with E-state index in [4.69, 9.17) is 0 Å². The predicted octanol–water partition coefficient (Wildman–Crippen LogP) is 0.878. The number of H-pyrrole nitrogens is 1. The third-order valence-electron chi connectivity index (χ3n) is 4.09. The van der Waals surface area contributed by atoms with Crippen LogP contribution in [-0.2, 0) is 23.6 Å². The smallest absolute Gasteiger partial charge is 0.277 e. The van der Waals surface area contributed by atoms with Gasteiger partial charge in [0.1, 0.15) is 5.56 Å². The molecule has 1 aliphatic heterocycles. The highest BCUT2D eigenvalue weighted by Crippen LogP contribution is 2.22. The monoisotopic (exact) mass is 325 g/mol. The summed E-state index contributed by atoms with van der Waals surface area (Å²) in [4.78, 5) is 26.6. The third-order valence-corrected chi connectivity index (χ3v) is 6.01. The van der Waals surface area contributed by atoms with E-state index in [0.717, 1.165) is 11.3 Å². The molecular weight excluding hydrogens is 302 g/mol. The number of carbonyl (C=O) groups excluding carboxylic acids is 1. The van der Waals surface area contributed by atoms with Gasteiger partial charge >= 0.3 is 0 Å². The van der Waals surface area contributed by atoms with E-state index in [-0.39, 0.29) is 11.5 Å². The van der Waals surface area contributed by atoms with E-state index in [9.17, 15) is 13.8 Å². The number of carbonyl (C=O) groups is 1. The van der Waals surface area contributed by atoms with Gasteiger partial charge < -0.3 is 4.90 Å². The van der Waals surface area contributed by atoms with Crippen molar-refractivity contribution in [3.8, 4) is 0 Å². The minimum atomic E-state index is -0.955. The first-order valence-electron chi connectivity index (χ1n) is 7.60. The van der Waals surface area contributed by atoms with Crippen LogP contribution in [0.1, 0.15) is 49.3 Å². The van der Waals surface area contributed by atoms with Crippen LogP contribution in [0.4, 0.5) is 0 Å². The van der Waals surface area contributed by atoms with Gasteiger partial charge in [-0.3, -0.25) is 13.8 Å². The fourth-order valence-corrected chi connectivity index (χ4v) is 4.07. The fourth-order valence-electron chi connectivity index (χ4n) is 2.83. The van der Waals surface area contributed by atoms with Gasteiger partial charge in [0.15, 0.2) is 0 Å². The lowest BCUT2D eigenvalue weighted by molar-refractivity contribution is 0.0742. The summed E-state index contributed by atoms with van der Waals surface area (Å²) in [7, 11) is -0.955. The molecule has 1 aromatic rings. The van der Waals surface area contributed by atoms with Crippen molar-refractivity contribution in [1.82, 2.24) is 15.1 Å². The maximum atomic E-state index is 12.8. The number of hydrogen-bond acceptors (Lipinski definition) is 4. The quantitative estimate of drug-likeness (QED) is 0.894. The Balaban J connectivity index is 2.42. The van der Waals surface area contributed by atoms with Gasteiger partial charge in [-0.05, 0) is 32.3 Å². The first-order valence-corrected chi connectivity index (χ1v) is 8.91. The van der Waals surface area contributed by atoms with Crippen LogP contribution in [0, 0.1) is 0 Å². The molecule has 1 fully saturated rings. The van der Waals surface area contributed by atoms with Crippen LogP contribution in [0.2, 0.25) is 0 Å². The zero-order valence-electron chi connectivity index (χ0n) is 13.6. The summed E-state index contributed by atoms with van der Waals surface area (Å²) < 4.78 is 11.6. The van der Waals surface area contributed by atoms with Crippen molar-refractivity contribution < 1.29 is 9.00 Å². The molecule has 0 radical (unpaired) electrons. The number of aromatic amines is 1. The third kappa shape index (κ3) is 2.99. The van der Waals surface area contributed by atoms with E-state index in [0.29, 0.717) is 31.7 Å². The maximum absolute atomic E-state index is 12.8. The molecule has 0 aliphatic carbocycles. The number of aryl methyl sites for hydroxylation is 1. The van der Waals surface area contributed by atoms with E-state index in [1.165, 1.54) is 0 Å². The van der Waals surface area contributed by atoms with Gasteiger partial charge in [-0.25, -0.2) is 5.10 Å². The molecule has 1 aromatic heterocycles. The van der Waals surface area contributed by atoms with Crippen molar-refractivity contribution in [3.05, 3.63) is 27.2 Å². The molecule has 2 heterocycles. The highest BCUT2D eigenvalue weighted by Gasteiger charge is 2.36. The Morgan fingerprint density at radius 3 is 2.59 bits per heavy atom. The second-order valence-corrected chi connectivity index (χ2v) is 8.30. The highest BCUT2D eigenvalue weighted by molar-refractivity contribution is 7.86. The molecule has 1 saturated heterocycles. The maximum Gasteiger partial charge on any atom is 0.277 e. The van der Waals surface area contributed by atoms with Gasteiger partial charge in [0.25, 0.3) is 11.5 Å². The van der Waals surface area contributed by atoms with Crippen molar-refractivity contribution in [2.24, 2.45) is 0 Å². The Labute approximate surface area is 132 Å². The van der Waals surface area contributed by atoms with Crippen LogP contribution in [0.15, 0.2) is 4.79 Å². The lowest BCUT2D eigenvalue weighted by Gasteiger charge is -2.37. The molecule has 6 nitrogen and oxygen atoms in total. The van der Waals surface area contributed by atoms with E-state index >= 15 is 0 Å². The van der Waals surface area contributed by atoms with Crippen LogP contribution in [0.5, 0.6) is 0 Å². The van der Waals surface area contributed by atoms with Gasteiger partial charge in [-0.2, -0.15) is 5.10 Å². The molecular formula is C15H23N3O3S. The summed E-state index contributed by atoms with van der Waals surface area (Å²) in [5, 5.41) is 6.47. The number of nitrogens with one attached hydrogen (secondary N) is 1. The van der Waals surface area contributed by atoms with Gasteiger partial charge in [-0.1, -0.05) is 13.8 Å². The van der Waals surface area contributed by atoms with Crippen molar-refractivity contribution >= 4 is 16.7 Å². The Morgan fingerprint density at radius 2 is 2.05 bits per heavy atom. The van der Waals surface area contributed by atoms with Gasteiger partial charge in [-0.15, -0.1) is 0 Å². The molecule has 22 heavy (non-hydrogen) atoms. The van der Waals surface area contributed by atoms with E-state index in [1.54, 1.807) is 4.90 Å².